The molecule has 2 N–H and O–H groups in total. The maximum atomic E-state index is 12.7. The maximum absolute atomic E-state index is 12.7. The molecule has 0 saturated heterocycles. The van der Waals surface area contributed by atoms with Crippen LogP contribution in [0.4, 0.5) is 0 Å². The van der Waals surface area contributed by atoms with E-state index in [1.54, 1.807) is 19.2 Å². The van der Waals surface area contributed by atoms with Crippen LogP contribution in [0.25, 0.3) is 0 Å². The number of likely N-dealkylation sites (N-methyl/N-ethyl adjacent to an activating group) is 1. The Kier molecular flexibility index (Phi) is 7.33. The molecule has 0 fully saturated rings. The first-order valence-corrected chi connectivity index (χ1v) is 8.93. The fourth-order valence-electron chi connectivity index (χ4n) is 2.93. The predicted molar refractivity (Wildman–Crippen MR) is 105 cm³/mol. The van der Waals surface area contributed by atoms with E-state index in [2.05, 4.69) is 5.32 Å². The van der Waals surface area contributed by atoms with Gasteiger partial charge in [0.1, 0.15) is 11.8 Å². The maximum Gasteiger partial charge on any atom is 0.251 e. The molecule has 0 spiro atoms. The molecule has 0 unspecified atom stereocenters. The number of quaternary nitrogens is 1. The second-order valence-electron chi connectivity index (χ2n) is 6.28. The summed E-state index contributed by atoms with van der Waals surface area (Å²) in [6.07, 6.45) is 0. The molecule has 2 aromatic carbocycles. The lowest BCUT2D eigenvalue weighted by atomic mass is 10.0. The van der Waals surface area contributed by atoms with E-state index < -0.39 is 0 Å². The van der Waals surface area contributed by atoms with Crippen LogP contribution in [-0.2, 0) is 0 Å². The van der Waals surface area contributed by atoms with E-state index in [9.17, 15) is 4.79 Å². The van der Waals surface area contributed by atoms with Gasteiger partial charge in [0.15, 0.2) is 11.5 Å². The summed E-state index contributed by atoms with van der Waals surface area (Å²) < 4.78 is 15.9. The van der Waals surface area contributed by atoms with Gasteiger partial charge in [0, 0.05) is 5.56 Å². The smallest absolute Gasteiger partial charge is 0.251 e. The van der Waals surface area contributed by atoms with Crippen LogP contribution in [0.5, 0.6) is 17.2 Å². The van der Waals surface area contributed by atoms with Gasteiger partial charge in [-0.05, 0) is 24.3 Å². The highest BCUT2D eigenvalue weighted by Gasteiger charge is 2.23. The van der Waals surface area contributed by atoms with Crippen LogP contribution in [0.3, 0.4) is 0 Å². The molecule has 146 valence electrons. The summed E-state index contributed by atoms with van der Waals surface area (Å²) in [7, 11) is 8.72. The van der Waals surface area contributed by atoms with Gasteiger partial charge in [-0.25, -0.2) is 0 Å². The van der Waals surface area contributed by atoms with Crippen molar-refractivity contribution in [2.24, 2.45) is 0 Å². The number of carbonyl (C=O) groups excluding carboxylic acids is 1. The van der Waals surface area contributed by atoms with Gasteiger partial charge < -0.3 is 24.4 Å². The molecular formula is C20H26ClN2O4+. The second-order valence-corrected chi connectivity index (χ2v) is 6.68. The fraction of sp³-hybridized carbons (Fsp3) is 0.350. The minimum absolute atomic E-state index is 0.0284. The molecule has 0 radical (unpaired) electrons. The molecule has 1 amide bonds. The molecule has 6 nitrogen and oxygen atoms in total. The van der Waals surface area contributed by atoms with Crippen LogP contribution in [0.15, 0.2) is 36.4 Å². The molecule has 0 aliphatic carbocycles. The molecular weight excluding hydrogens is 368 g/mol. The van der Waals surface area contributed by atoms with Crippen molar-refractivity contribution in [3.63, 3.8) is 0 Å². The van der Waals surface area contributed by atoms with E-state index in [-0.39, 0.29) is 11.9 Å². The molecule has 7 heteroatoms. The molecule has 2 rings (SSSR count). The zero-order valence-electron chi connectivity index (χ0n) is 16.3. The van der Waals surface area contributed by atoms with E-state index in [1.807, 2.05) is 38.4 Å². The van der Waals surface area contributed by atoms with Gasteiger partial charge in [0.25, 0.3) is 5.91 Å². The number of para-hydroxylation sites is 1. The van der Waals surface area contributed by atoms with Gasteiger partial charge in [-0.15, -0.1) is 0 Å². The van der Waals surface area contributed by atoms with Crippen molar-refractivity contribution in [2.45, 2.75) is 6.04 Å². The van der Waals surface area contributed by atoms with Crippen LogP contribution >= 0.6 is 11.6 Å². The molecule has 2 aromatic rings. The lowest BCUT2D eigenvalue weighted by molar-refractivity contribution is -0.890. The Morgan fingerprint density at radius 3 is 2.33 bits per heavy atom. The highest BCUT2D eigenvalue weighted by atomic mass is 35.5. The van der Waals surface area contributed by atoms with Crippen LogP contribution in [0, 0.1) is 0 Å². The van der Waals surface area contributed by atoms with Gasteiger partial charge in [-0.1, -0.05) is 23.7 Å². The van der Waals surface area contributed by atoms with Gasteiger partial charge >= 0.3 is 0 Å². The van der Waals surface area contributed by atoms with Crippen LogP contribution < -0.4 is 24.4 Å². The number of hydrogen-bond acceptors (Lipinski definition) is 4. The summed E-state index contributed by atoms with van der Waals surface area (Å²) in [6, 6.07) is 11.0. The summed E-state index contributed by atoms with van der Waals surface area (Å²) in [5.41, 5.74) is 1.44. The average Bonchev–Trinajstić information content (AvgIpc) is 2.67. The van der Waals surface area contributed by atoms with Crippen LogP contribution in [-0.4, -0.2) is 47.9 Å². The summed E-state index contributed by atoms with van der Waals surface area (Å²) in [4.78, 5) is 13.8. The molecule has 0 aliphatic heterocycles. The third-order valence-corrected chi connectivity index (χ3v) is 4.65. The highest BCUT2D eigenvalue weighted by molar-refractivity contribution is 6.32. The third kappa shape index (κ3) is 4.84. The zero-order valence-corrected chi connectivity index (χ0v) is 17.0. The number of hydrogen-bond donors (Lipinski definition) is 2. The van der Waals surface area contributed by atoms with Crippen molar-refractivity contribution in [1.29, 1.82) is 0 Å². The van der Waals surface area contributed by atoms with Gasteiger partial charge in [-0.3, -0.25) is 4.79 Å². The Morgan fingerprint density at radius 1 is 1.07 bits per heavy atom. The third-order valence-electron chi connectivity index (χ3n) is 4.37. The molecule has 0 heterocycles. The van der Waals surface area contributed by atoms with E-state index in [0.29, 0.717) is 28.6 Å². The van der Waals surface area contributed by atoms with Gasteiger partial charge in [0.2, 0.25) is 0 Å². The van der Waals surface area contributed by atoms with Gasteiger partial charge in [0.05, 0.1) is 52.6 Å². The van der Waals surface area contributed by atoms with E-state index in [1.165, 1.54) is 19.1 Å². The average molecular weight is 394 g/mol. The lowest BCUT2D eigenvalue weighted by Crippen LogP contribution is -3.07. The van der Waals surface area contributed by atoms with E-state index in [0.717, 1.165) is 11.3 Å². The van der Waals surface area contributed by atoms with Crippen molar-refractivity contribution >= 4 is 17.5 Å². The number of ether oxygens (including phenoxy) is 3. The van der Waals surface area contributed by atoms with E-state index in [4.69, 9.17) is 25.8 Å². The highest BCUT2D eigenvalue weighted by Crippen LogP contribution is 2.36. The number of halogens is 1. The monoisotopic (exact) mass is 393 g/mol. The standard InChI is InChI=1S/C20H25ClN2O4/c1-23(2)16(14-8-6-7-9-17(14)25-3)12-22-20(24)13-10-15(21)19(27-5)18(11-13)26-4/h6-11,16H,12H2,1-5H3,(H,22,24)/p+1/t16-/m1/s1. The number of nitrogens with one attached hydrogen (secondary N) is 2. The topological polar surface area (TPSA) is 61.2 Å². The molecule has 1 atom stereocenters. The number of rotatable bonds is 8. The van der Waals surface area contributed by atoms with E-state index >= 15 is 0 Å². The molecule has 0 aliphatic rings. The van der Waals surface area contributed by atoms with Crippen LogP contribution in [0.1, 0.15) is 22.0 Å². The summed E-state index contributed by atoms with van der Waals surface area (Å²) in [5, 5.41) is 3.30. The lowest BCUT2D eigenvalue weighted by Gasteiger charge is -2.24. The minimum Gasteiger partial charge on any atom is -0.496 e. The fourth-order valence-corrected chi connectivity index (χ4v) is 3.21. The van der Waals surface area contributed by atoms with Crippen LogP contribution in [0.2, 0.25) is 5.02 Å². The summed E-state index contributed by atoms with van der Waals surface area (Å²) in [6.45, 7) is 0.438. The quantitative estimate of drug-likeness (QED) is 0.720. The zero-order chi connectivity index (χ0) is 20.0. The first-order valence-electron chi connectivity index (χ1n) is 8.55. The number of carbonyl (C=O) groups is 1. The molecule has 0 bridgehead atoms. The first kappa shape index (κ1) is 20.9. The predicted octanol–water partition coefficient (Wildman–Crippen LogP) is 1.98. The summed E-state index contributed by atoms with van der Waals surface area (Å²) in [5.74, 6) is 1.38. The number of benzene rings is 2. The Labute approximate surface area is 165 Å². The SMILES string of the molecule is COc1ccccc1[C@@H](CNC(=O)c1cc(Cl)c(OC)c(OC)c1)[NH+](C)C. The molecule has 27 heavy (non-hydrogen) atoms. The number of methoxy groups -OCH3 is 3. The number of amides is 1. The minimum atomic E-state index is -0.237. The molecule has 0 aromatic heterocycles. The Hall–Kier alpha value is -2.44. The van der Waals surface area contributed by atoms with Crippen molar-refractivity contribution < 1.29 is 23.9 Å². The Bertz CT molecular complexity index is 796. The van der Waals surface area contributed by atoms with Crippen molar-refractivity contribution in [3.8, 4) is 17.2 Å². The van der Waals surface area contributed by atoms with Crippen molar-refractivity contribution in [3.05, 3.63) is 52.5 Å². The first-order chi connectivity index (χ1) is 12.9. The van der Waals surface area contributed by atoms with Crippen molar-refractivity contribution in [2.75, 3.05) is 42.0 Å². The Morgan fingerprint density at radius 2 is 1.74 bits per heavy atom. The Balaban J connectivity index is 2.21. The summed E-state index contributed by atoms with van der Waals surface area (Å²) >= 11 is 6.20. The molecule has 0 saturated carbocycles. The van der Waals surface area contributed by atoms with Gasteiger partial charge in [-0.2, -0.15) is 0 Å². The normalized spacial score (nSPS) is 11.8. The second kappa shape index (κ2) is 9.48. The van der Waals surface area contributed by atoms with Crippen molar-refractivity contribution in [1.82, 2.24) is 5.32 Å². The largest absolute Gasteiger partial charge is 0.496 e.